The van der Waals surface area contributed by atoms with Gasteiger partial charge in [0.1, 0.15) is 0 Å². The van der Waals surface area contributed by atoms with E-state index in [1.807, 2.05) is 0 Å². The maximum Gasteiger partial charge on any atom is 0.00754 e. The van der Waals surface area contributed by atoms with Crippen molar-refractivity contribution in [2.45, 2.75) is 164 Å². The van der Waals surface area contributed by atoms with E-state index in [1.165, 1.54) is 125 Å². The Morgan fingerprint density at radius 2 is 0.750 bits per heavy atom. The average Bonchev–Trinajstić information content (AvgIpc) is 2.78. The first-order valence-electron chi connectivity index (χ1n) is 14.1. The van der Waals surface area contributed by atoms with Crippen LogP contribution in [0.5, 0.6) is 0 Å². The molecule has 0 heterocycles. The van der Waals surface area contributed by atoms with Gasteiger partial charge in [0.15, 0.2) is 0 Å². The molecule has 0 bridgehead atoms. The van der Waals surface area contributed by atoms with Crippen molar-refractivity contribution in [1.29, 1.82) is 0 Å². The maximum absolute atomic E-state index is 2.40. The van der Waals surface area contributed by atoms with Gasteiger partial charge in [0.25, 0.3) is 0 Å². The minimum Gasteiger partial charge on any atom is -0.123 e. The molecule has 0 nitrogen and oxygen atoms in total. The van der Waals surface area contributed by atoms with Crippen LogP contribution in [-0.4, -0.2) is 10.5 Å². The van der Waals surface area contributed by atoms with Gasteiger partial charge in [0, 0.05) is 20.3 Å². The summed E-state index contributed by atoms with van der Waals surface area (Å²) in [6, 6.07) is 9.39. The van der Waals surface area contributed by atoms with Crippen molar-refractivity contribution in [3.63, 3.8) is 0 Å². The third kappa shape index (κ3) is 17.4. The molecular weight excluding hydrogens is 424 g/mol. The van der Waals surface area contributed by atoms with E-state index in [1.54, 1.807) is 0 Å². The van der Waals surface area contributed by atoms with Gasteiger partial charge < -0.3 is 0 Å². The number of hydrogen-bond donors (Lipinski definition) is 0. The monoisotopic (exact) mass is 478 g/mol. The fraction of sp³-hybridized carbons (Fsp3) is 0.800. The highest BCUT2D eigenvalue weighted by Crippen LogP contribution is 2.31. The van der Waals surface area contributed by atoms with Crippen LogP contribution in [0.2, 0.25) is 0 Å². The van der Waals surface area contributed by atoms with Crippen LogP contribution in [0.15, 0.2) is 34.1 Å². The first kappa shape index (κ1) is 30.0. The number of unbranched alkanes of at least 4 members (excludes halogenated alkanes) is 14. The Bertz CT molecular complexity index is 463. The van der Waals surface area contributed by atoms with Crippen LogP contribution >= 0.6 is 23.5 Å². The molecule has 0 radical (unpaired) electrons. The summed E-state index contributed by atoms with van der Waals surface area (Å²) in [6.45, 7) is 9.40. The summed E-state index contributed by atoms with van der Waals surface area (Å²) in [5, 5.41) is 1.46. The molecule has 0 aromatic heterocycles. The Hall–Kier alpha value is -0.0800. The zero-order chi connectivity index (χ0) is 23.3. The summed E-state index contributed by atoms with van der Waals surface area (Å²) < 4.78 is 0. The fourth-order valence-electron chi connectivity index (χ4n) is 4.31. The quantitative estimate of drug-likeness (QED) is 0.120. The molecule has 0 fully saturated rings. The van der Waals surface area contributed by atoms with E-state index in [-0.39, 0.29) is 0 Å². The molecule has 0 N–H and O–H groups in total. The molecule has 1 aromatic carbocycles. The molecule has 0 saturated heterocycles. The van der Waals surface area contributed by atoms with Gasteiger partial charge in [-0.25, -0.2) is 0 Å². The van der Waals surface area contributed by atoms with E-state index < -0.39 is 0 Å². The van der Waals surface area contributed by atoms with Crippen molar-refractivity contribution in [3.05, 3.63) is 24.3 Å². The van der Waals surface area contributed by atoms with Gasteiger partial charge in [-0.1, -0.05) is 130 Å². The topological polar surface area (TPSA) is 0 Å². The average molecular weight is 479 g/mol. The lowest BCUT2D eigenvalue weighted by molar-refractivity contribution is 0.564. The zero-order valence-electron chi connectivity index (χ0n) is 22.0. The molecular formula is C30H54S2. The van der Waals surface area contributed by atoms with E-state index in [0.717, 1.165) is 10.5 Å². The predicted octanol–water partition coefficient (Wildman–Crippen LogP) is 11.7. The van der Waals surface area contributed by atoms with Crippen LogP contribution in [-0.2, 0) is 0 Å². The van der Waals surface area contributed by atoms with Gasteiger partial charge in [0.2, 0.25) is 0 Å². The molecule has 0 aliphatic carbocycles. The Balaban J connectivity index is 2.08. The van der Waals surface area contributed by atoms with E-state index in [0.29, 0.717) is 0 Å². The number of thioether (sulfide) groups is 2. The fourth-order valence-corrected chi connectivity index (χ4v) is 6.40. The highest BCUT2D eigenvalue weighted by Gasteiger charge is 2.07. The first-order valence-corrected chi connectivity index (χ1v) is 15.8. The number of rotatable bonds is 22. The van der Waals surface area contributed by atoms with Crippen LogP contribution < -0.4 is 0 Å². The second-order valence-electron chi connectivity index (χ2n) is 9.86. The largest absolute Gasteiger partial charge is 0.123 e. The van der Waals surface area contributed by atoms with Crippen molar-refractivity contribution in [1.82, 2.24) is 0 Å². The lowest BCUT2D eigenvalue weighted by Crippen LogP contribution is -1.97. The van der Waals surface area contributed by atoms with Crippen molar-refractivity contribution < 1.29 is 0 Å². The third-order valence-electron chi connectivity index (χ3n) is 6.43. The molecule has 2 unspecified atom stereocenters. The Labute approximate surface area is 210 Å². The Morgan fingerprint density at radius 1 is 0.469 bits per heavy atom. The van der Waals surface area contributed by atoms with Gasteiger partial charge in [-0.05, 0) is 37.1 Å². The first-order chi connectivity index (χ1) is 15.7. The molecule has 0 aliphatic heterocycles. The van der Waals surface area contributed by atoms with Crippen LogP contribution in [0.25, 0.3) is 0 Å². The molecule has 2 atom stereocenters. The Morgan fingerprint density at radius 3 is 1.06 bits per heavy atom. The predicted molar refractivity (Wildman–Crippen MR) is 152 cm³/mol. The summed E-state index contributed by atoms with van der Waals surface area (Å²) in [7, 11) is 0. The SMILES string of the molecule is CCCCCCCCCCC(C)Sc1ccc(SC(C)CCCCCCCCCC)cc1. The van der Waals surface area contributed by atoms with Crippen molar-refractivity contribution in [3.8, 4) is 0 Å². The smallest absolute Gasteiger partial charge is 0.00754 e. The van der Waals surface area contributed by atoms with E-state index >= 15 is 0 Å². The molecule has 0 spiro atoms. The molecule has 32 heavy (non-hydrogen) atoms. The van der Waals surface area contributed by atoms with E-state index in [2.05, 4.69) is 75.5 Å². The second kappa shape index (κ2) is 21.5. The van der Waals surface area contributed by atoms with Crippen LogP contribution in [0, 0.1) is 0 Å². The zero-order valence-corrected chi connectivity index (χ0v) is 23.6. The summed E-state index contributed by atoms with van der Waals surface area (Å²) >= 11 is 4.13. The van der Waals surface area contributed by atoms with Crippen molar-refractivity contribution >= 4 is 23.5 Å². The van der Waals surface area contributed by atoms with Gasteiger partial charge in [-0.15, -0.1) is 23.5 Å². The third-order valence-corrected chi connectivity index (χ3v) is 8.79. The maximum atomic E-state index is 2.40. The van der Waals surface area contributed by atoms with Gasteiger partial charge in [-0.3, -0.25) is 0 Å². The minimum atomic E-state index is 0.731. The van der Waals surface area contributed by atoms with E-state index in [9.17, 15) is 0 Å². The molecule has 1 aromatic rings. The summed E-state index contributed by atoms with van der Waals surface area (Å²) in [5.74, 6) is 0. The normalized spacial score (nSPS) is 13.4. The molecule has 0 amide bonds. The minimum absolute atomic E-state index is 0.731. The molecule has 186 valence electrons. The lowest BCUT2D eigenvalue weighted by Gasteiger charge is -2.13. The van der Waals surface area contributed by atoms with Crippen LogP contribution in [0.1, 0.15) is 143 Å². The van der Waals surface area contributed by atoms with Crippen LogP contribution in [0.4, 0.5) is 0 Å². The second-order valence-corrected chi connectivity index (χ2v) is 12.9. The van der Waals surface area contributed by atoms with Gasteiger partial charge in [-0.2, -0.15) is 0 Å². The van der Waals surface area contributed by atoms with Gasteiger partial charge >= 0.3 is 0 Å². The molecule has 2 heteroatoms. The summed E-state index contributed by atoms with van der Waals surface area (Å²) in [4.78, 5) is 2.88. The summed E-state index contributed by atoms with van der Waals surface area (Å²) in [5.41, 5.74) is 0. The van der Waals surface area contributed by atoms with Crippen LogP contribution in [0.3, 0.4) is 0 Å². The molecule has 0 aliphatic rings. The van der Waals surface area contributed by atoms with Gasteiger partial charge in [0.05, 0.1) is 0 Å². The van der Waals surface area contributed by atoms with Crippen molar-refractivity contribution in [2.24, 2.45) is 0 Å². The number of benzene rings is 1. The standard InChI is InChI=1S/C30H54S2/c1-5-7-9-11-13-15-17-19-21-27(3)31-29-23-25-30(26-24-29)32-28(4)22-20-18-16-14-12-10-8-6-2/h23-28H,5-22H2,1-4H3. The molecule has 0 saturated carbocycles. The lowest BCUT2D eigenvalue weighted by atomic mass is 10.1. The summed E-state index contributed by atoms with van der Waals surface area (Å²) in [6.07, 6.45) is 25.4. The highest BCUT2D eigenvalue weighted by molar-refractivity contribution is 8.00. The van der Waals surface area contributed by atoms with E-state index in [4.69, 9.17) is 0 Å². The Kier molecular flexibility index (Phi) is 20.1. The van der Waals surface area contributed by atoms with Crippen molar-refractivity contribution in [2.75, 3.05) is 0 Å². The number of hydrogen-bond acceptors (Lipinski definition) is 2. The highest BCUT2D eigenvalue weighted by atomic mass is 32.2. The molecule has 1 rings (SSSR count).